The van der Waals surface area contributed by atoms with Crippen LogP contribution in [0, 0.1) is 0 Å². The van der Waals surface area contributed by atoms with Crippen LogP contribution in [0.4, 0.5) is 10.7 Å². The van der Waals surface area contributed by atoms with Crippen LogP contribution in [0.1, 0.15) is 48.0 Å². The van der Waals surface area contributed by atoms with Gasteiger partial charge < -0.3 is 15.4 Å². The number of nitrogens with one attached hydrogen (secondary N) is 2. The second-order valence-electron chi connectivity index (χ2n) is 8.17. The van der Waals surface area contributed by atoms with Gasteiger partial charge in [-0.25, -0.2) is 4.79 Å². The van der Waals surface area contributed by atoms with Gasteiger partial charge in [0.05, 0.1) is 5.56 Å². The molecule has 0 aliphatic heterocycles. The maximum Gasteiger partial charge on any atom is 0.341 e. The molecule has 0 bridgehead atoms. The van der Waals surface area contributed by atoms with E-state index in [4.69, 9.17) is 17.0 Å². The van der Waals surface area contributed by atoms with E-state index < -0.39 is 5.60 Å². The first-order valence-electron chi connectivity index (χ1n) is 9.75. The number of carbonyl (C=O) groups is 1. The minimum Gasteiger partial charge on any atom is -0.456 e. The van der Waals surface area contributed by atoms with Crippen molar-refractivity contribution in [2.45, 2.75) is 45.6 Å². The molecule has 1 aliphatic carbocycles. The Morgan fingerprint density at radius 1 is 1.07 bits per heavy atom. The predicted octanol–water partition coefficient (Wildman–Crippen LogP) is 6.15. The van der Waals surface area contributed by atoms with Crippen molar-refractivity contribution in [3.05, 3.63) is 58.5 Å². The number of esters is 1. The summed E-state index contributed by atoms with van der Waals surface area (Å²) in [4.78, 5) is 14.1. The number of thiocarbonyl (C=S) groups is 1. The molecule has 1 aliphatic rings. The van der Waals surface area contributed by atoms with Gasteiger partial charge in [0.2, 0.25) is 0 Å². The highest BCUT2D eigenvalue weighted by Gasteiger charge is 2.30. The summed E-state index contributed by atoms with van der Waals surface area (Å²) < 4.78 is 5.67. The third kappa shape index (κ3) is 4.28. The standard InChI is InChI=1S/C23H24N2O2S2/c1-23(2,3)27-21(26)19-16-11-7-13-18(16)29-20(19)25-22(28)24-17-12-6-9-14-8-4-5-10-15(14)17/h4-6,8-10,12H,7,11,13H2,1-3H3,(H2,24,25,28). The van der Waals surface area contributed by atoms with Crippen LogP contribution in [-0.2, 0) is 17.6 Å². The van der Waals surface area contributed by atoms with Crippen LogP contribution in [0.3, 0.4) is 0 Å². The predicted molar refractivity (Wildman–Crippen MR) is 125 cm³/mol. The molecule has 0 unspecified atom stereocenters. The van der Waals surface area contributed by atoms with E-state index in [9.17, 15) is 4.79 Å². The topological polar surface area (TPSA) is 50.4 Å². The lowest BCUT2D eigenvalue weighted by Gasteiger charge is -2.20. The molecule has 0 saturated carbocycles. The molecule has 0 fully saturated rings. The molecule has 0 saturated heterocycles. The van der Waals surface area contributed by atoms with E-state index in [1.807, 2.05) is 45.0 Å². The maximum atomic E-state index is 12.9. The molecular formula is C23H24N2O2S2. The largest absolute Gasteiger partial charge is 0.456 e. The van der Waals surface area contributed by atoms with Crippen LogP contribution < -0.4 is 10.6 Å². The van der Waals surface area contributed by atoms with Crippen LogP contribution >= 0.6 is 23.6 Å². The number of anilines is 2. The Hall–Kier alpha value is -2.44. The molecule has 0 amide bonds. The van der Waals surface area contributed by atoms with Crippen molar-refractivity contribution < 1.29 is 9.53 Å². The molecule has 4 nitrogen and oxygen atoms in total. The Morgan fingerprint density at radius 3 is 2.62 bits per heavy atom. The van der Waals surface area contributed by atoms with Crippen LogP contribution in [0.5, 0.6) is 0 Å². The Labute approximate surface area is 180 Å². The number of aryl methyl sites for hydroxylation is 1. The lowest BCUT2D eigenvalue weighted by molar-refractivity contribution is 0.00702. The quantitative estimate of drug-likeness (QED) is 0.390. The second kappa shape index (κ2) is 7.76. The van der Waals surface area contributed by atoms with Gasteiger partial charge in [-0.15, -0.1) is 11.3 Å². The van der Waals surface area contributed by atoms with E-state index in [0.717, 1.165) is 46.3 Å². The van der Waals surface area contributed by atoms with Gasteiger partial charge in [-0.3, -0.25) is 0 Å². The minimum atomic E-state index is -0.538. The number of thiophene rings is 1. The van der Waals surface area contributed by atoms with Crippen molar-refractivity contribution in [1.29, 1.82) is 0 Å². The molecule has 150 valence electrons. The number of hydrogen-bond donors (Lipinski definition) is 2. The summed E-state index contributed by atoms with van der Waals surface area (Å²) in [5, 5.41) is 10.0. The molecule has 6 heteroatoms. The van der Waals surface area contributed by atoms with Gasteiger partial charge in [-0.05, 0) is 69.3 Å². The van der Waals surface area contributed by atoms with E-state index in [1.165, 1.54) is 4.88 Å². The van der Waals surface area contributed by atoms with Crippen molar-refractivity contribution in [2.24, 2.45) is 0 Å². The first-order valence-corrected chi connectivity index (χ1v) is 11.0. The van der Waals surface area contributed by atoms with Crippen molar-refractivity contribution in [3.63, 3.8) is 0 Å². The van der Waals surface area contributed by atoms with E-state index >= 15 is 0 Å². The smallest absolute Gasteiger partial charge is 0.341 e. The third-order valence-electron chi connectivity index (χ3n) is 4.79. The zero-order valence-corrected chi connectivity index (χ0v) is 18.4. The summed E-state index contributed by atoms with van der Waals surface area (Å²) in [5.41, 5.74) is 2.14. The van der Waals surface area contributed by atoms with Crippen LogP contribution in [0.2, 0.25) is 0 Å². The number of hydrogen-bond acceptors (Lipinski definition) is 4. The summed E-state index contributed by atoms with van der Waals surface area (Å²) in [6, 6.07) is 14.2. The molecule has 0 spiro atoms. The number of fused-ring (bicyclic) bond motifs is 2. The zero-order valence-electron chi connectivity index (χ0n) is 16.8. The molecule has 2 aromatic carbocycles. The lowest BCUT2D eigenvalue weighted by Crippen LogP contribution is -2.26. The molecule has 2 N–H and O–H groups in total. The average molecular weight is 425 g/mol. The van der Waals surface area contributed by atoms with Gasteiger partial charge in [-0.1, -0.05) is 36.4 Å². The molecule has 0 atom stereocenters. The summed E-state index contributed by atoms with van der Waals surface area (Å²) in [6.45, 7) is 5.66. The fourth-order valence-electron chi connectivity index (χ4n) is 3.63. The monoisotopic (exact) mass is 424 g/mol. The SMILES string of the molecule is CC(C)(C)OC(=O)c1c(NC(=S)Nc2cccc3ccccc23)sc2c1CCC2. The normalized spacial score (nSPS) is 13.2. The van der Waals surface area contributed by atoms with Gasteiger partial charge >= 0.3 is 5.97 Å². The molecule has 4 rings (SSSR count). The number of carbonyl (C=O) groups excluding carboxylic acids is 1. The highest BCUT2D eigenvalue weighted by atomic mass is 32.1. The van der Waals surface area contributed by atoms with Gasteiger partial charge in [0.15, 0.2) is 5.11 Å². The average Bonchev–Trinajstić information content (AvgIpc) is 3.21. The summed E-state index contributed by atoms with van der Waals surface area (Å²) in [7, 11) is 0. The fourth-order valence-corrected chi connectivity index (χ4v) is 5.19. The third-order valence-corrected chi connectivity index (χ3v) is 6.20. The molecule has 1 aromatic heterocycles. The van der Waals surface area contributed by atoms with E-state index in [0.29, 0.717) is 10.7 Å². The van der Waals surface area contributed by atoms with Crippen molar-refractivity contribution >= 4 is 56.1 Å². The first kappa shape index (κ1) is 19.9. The Bertz CT molecular complexity index is 1090. The van der Waals surface area contributed by atoms with Gasteiger partial charge in [-0.2, -0.15) is 0 Å². The summed E-state index contributed by atoms with van der Waals surface area (Å²) in [6.07, 6.45) is 2.99. The van der Waals surface area contributed by atoms with Gasteiger partial charge in [0.25, 0.3) is 0 Å². The van der Waals surface area contributed by atoms with Gasteiger partial charge in [0, 0.05) is 16.0 Å². The van der Waals surface area contributed by atoms with E-state index in [2.05, 4.69) is 28.8 Å². The summed E-state index contributed by atoms with van der Waals surface area (Å²) in [5.74, 6) is -0.285. The second-order valence-corrected chi connectivity index (χ2v) is 9.68. The van der Waals surface area contributed by atoms with Crippen molar-refractivity contribution in [3.8, 4) is 0 Å². The van der Waals surface area contributed by atoms with Crippen LogP contribution in [0.15, 0.2) is 42.5 Å². The van der Waals surface area contributed by atoms with Gasteiger partial charge in [0.1, 0.15) is 10.6 Å². The Balaban J connectivity index is 1.59. The number of rotatable bonds is 3. The van der Waals surface area contributed by atoms with Crippen molar-refractivity contribution in [2.75, 3.05) is 10.6 Å². The minimum absolute atomic E-state index is 0.285. The number of ether oxygens (including phenoxy) is 1. The van der Waals surface area contributed by atoms with Crippen molar-refractivity contribution in [1.82, 2.24) is 0 Å². The molecular weight excluding hydrogens is 400 g/mol. The van der Waals surface area contributed by atoms with Crippen LogP contribution in [0.25, 0.3) is 10.8 Å². The van der Waals surface area contributed by atoms with E-state index in [-0.39, 0.29) is 5.97 Å². The zero-order chi connectivity index (χ0) is 20.6. The molecule has 1 heterocycles. The maximum absolute atomic E-state index is 12.9. The first-order chi connectivity index (χ1) is 13.8. The number of benzene rings is 2. The van der Waals surface area contributed by atoms with Crippen LogP contribution in [-0.4, -0.2) is 16.7 Å². The molecule has 0 radical (unpaired) electrons. The molecule has 29 heavy (non-hydrogen) atoms. The Kier molecular flexibility index (Phi) is 5.32. The highest BCUT2D eigenvalue weighted by Crippen LogP contribution is 2.40. The summed E-state index contributed by atoms with van der Waals surface area (Å²) >= 11 is 7.18. The highest BCUT2D eigenvalue weighted by molar-refractivity contribution is 7.80. The Morgan fingerprint density at radius 2 is 1.83 bits per heavy atom. The molecule has 3 aromatic rings. The van der Waals surface area contributed by atoms with E-state index in [1.54, 1.807) is 11.3 Å². The fraction of sp³-hybridized carbons (Fsp3) is 0.304. The lowest BCUT2D eigenvalue weighted by atomic mass is 10.1.